The number of hydrogen-bond donors (Lipinski definition) is 0. The summed E-state index contributed by atoms with van der Waals surface area (Å²) in [5.74, 6) is 0.523. The fourth-order valence-electron chi connectivity index (χ4n) is 3.73. The highest BCUT2D eigenvalue weighted by Gasteiger charge is 2.34. The second-order valence-electron chi connectivity index (χ2n) is 7.79. The summed E-state index contributed by atoms with van der Waals surface area (Å²) < 4.78 is 42.7. The molecule has 3 rings (SSSR count). The Kier molecular flexibility index (Phi) is 6.41. The standard InChI is InChI=1S/C21H28FN3O3S/c1-4-15(2)14-19(26)24-10-5-11-25(13-12-24)21-16(3)20(29(27,28)23-21)17-6-8-18(22)9-7-17/h6-9,15H,4-5,10-14H2,1-3H3/t15-/m0/s1. The highest BCUT2D eigenvalue weighted by molar-refractivity contribution is 8.00. The highest BCUT2D eigenvalue weighted by Crippen LogP contribution is 2.33. The van der Waals surface area contributed by atoms with Crippen LogP contribution in [0.25, 0.3) is 4.91 Å². The Morgan fingerprint density at radius 2 is 1.86 bits per heavy atom. The molecule has 6 nitrogen and oxygen atoms in total. The Hall–Kier alpha value is -2.22. The zero-order valence-electron chi connectivity index (χ0n) is 17.2. The molecule has 1 aromatic carbocycles. The van der Waals surface area contributed by atoms with Crippen molar-refractivity contribution in [2.24, 2.45) is 10.3 Å². The van der Waals surface area contributed by atoms with Gasteiger partial charge in [-0.1, -0.05) is 32.4 Å². The first-order chi connectivity index (χ1) is 13.7. The Morgan fingerprint density at radius 3 is 2.52 bits per heavy atom. The number of amidine groups is 1. The van der Waals surface area contributed by atoms with Gasteiger partial charge in [0, 0.05) is 38.2 Å². The van der Waals surface area contributed by atoms with Crippen molar-refractivity contribution in [2.45, 2.75) is 40.0 Å². The third-order valence-corrected chi connectivity index (χ3v) is 7.09. The maximum Gasteiger partial charge on any atom is 0.285 e. The summed E-state index contributed by atoms with van der Waals surface area (Å²) in [4.78, 5) is 16.5. The molecule has 8 heteroatoms. The summed E-state index contributed by atoms with van der Waals surface area (Å²) in [6.45, 7) is 8.27. The van der Waals surface area contributed by atoms with Crippen molar-refractivity contribution in [3.05, 3.63) is 41.2 Å². The number of carbonyl (C=O) groups excluding carboxylic acids is 1. The van der Waals surface area contributed by atoms with Crippen LogP contribution in [0.4, 0.5) is 4.39 Å². The molecule has 0 bridgehead atoms. The van der Waals surface area contributed by atoms with Gasteiger partial charge in [-0.25, -0.2) is 4.39 Å². The molecule has 1 saturated heterocycles. The lowest BCUT2D eigenvalue weighted by atomic mass is 10.0. The van der Waals surface area contributed by atoms with Crippen LogP contribution in [-0.2, 0) is 14.8 Å². The van der Waals surface area contributed by atoms with Crippen LogP contribution in [0.15, 0.2) is 34.2 Å². The molecule has 0 aliphatic carbocycles. The van der Waals surface area contributed by atoms with Gasteiger partial charge in [0.1, 0.15) is 16.6 Å². The number of carbonyl (C=O) groups is 1. The van der Waals surface area contributed by atoms with E-state index >= 15 is 0 Å². The van der Waals surface area contributed by atoms with Crippen molar-refractivity contribution in [1.82, 2.24) is 9.80 Å². The molecule has 158 valence electrons. The average Bonchev–Trinajstić information content (AvgIpc) is 2.83. The number of hydrogen-bond acceptors (Lipinski definition) is 4. The van der Waals surface area contributed by atoms with Crippen LogP contribution in [0, 0.1) is 11.7 Å². The zero-order chi connectivity index (χ0) is 21.2. The van der Waals surface area contributed by atoms with Crippen LogP contribution < -0.4 is 0 Å². The summed E-state index contributed by atoms with van der Waals surface area (Å²) in [6.07, 6.45) is 2.26. The molecule has 2 aliphatic rings. The molecule has 2 heterocycles. The topological polar surface area (TPSA) is 70.1 Å². The minimum Gasteiger partial charge on any atom is -0.354 e. The van der Waals surface area contributed by atoms with Crippen LogP contribution in [-0.4, -0.2) is 56.1 Å². The third kappa shape index (κ3) is 4.69. The first kappa shape index (κ1) is 21.5. The van der Waals surface area contributed by atoms with E-state index in [0.29, 0.717) is 55.5 Å². The predicted octanol–water partition coefficient (Wildman–Crippen LogP) is 3.27. The number of amides is 1. The summed E-state index contributed by atoms with van der Waals surface area (Å²) in [5, 5.41) is 0. The zero-order valence-corrected chi connectivity index (χ0v) is 18.0. The molecule has 0 spiro atoms. The predicted molar refractivity (Wildman–Crippen MR) is 112 cm³/mol. The van der Waals surface area contributed by atoms with E-state index in [2.05, 4.69) is 18.2 Å². The lowest BCUT2D eigenvalue weighted by Gasteiger charge is -2.24. The number of sulfonamides is 1. The van der Waals surface area contributed by atoms with E-state index in [1.54, 1.807) is 6.92 Å². The van der Waals surface area contributed by atoms with Crippen molar-refractivity contribution in [3.8, 4) is 0 Å². The molecule has 0 unspecified atom stereocenters. The fourth-order valence-corrected chi connectivity index (χ4v) is 5.22. The van der Waals surface area contributed by atoms with E-state index in [-0.39, 0.29) is 10.8 Å². The second kappa shape index (κ2) is 8.65. The van der Waals surface area contributed by atoms with E-state index in [1.165, 1.54) is 24.3 Å². The van der Waals surface area contributed by atoms with Crippen LogP contribution in [0.2, 0.25) is 0 Å². The Bertz CT molecular complexity index is 938. The molecule has 29 heavy (non-hydrogen) atoms. The molecule has 0 saturated carbocycles. The Balaban J connectivity index is 1.78. The number of rotatable bonds is 4. The molecule has 2 aliphatic heterocycles. The van der Waals surface area contributed by atoms with Crippen LogP contribution >= 0.6 is 0 Å². The SMILES string of the molecule is CC[C@H](C)CC(=O)N1CCCN(C2=NS(=O)(=O)C(c3ccc(F)cc3)=C2C)CC1. The molecule has 1 aromatic rings. The molecule has 0 radical (unpaired) electrons. The molecule has 0 aromatic heterocycles. The Morgan fingerprint density at radius 1 is 1.17 bits per heavy atom. The van der Waals surface area contributed by atoms with Gasteiger partial charge < -0.3 is 9.80 Å². The molecule has 1 fully saturated rings. The highest BCUT2D eigenvalue weighted by atomic mass is 32.2. The maximum absolute atomic E-state index is 13.2. The van der Waals surface area contributed by atoms with E-state index in [9.17, 15) is 17.6 Å². The first-order valence-corrected chi connectivity index (χ1v) is 11.5. The first-order valence-electron chi connectivity index (χ1n) is 10.1. The summed E-state index contributed by atoms with van der Waals surface area (Å²) in [7, 11) is -3.84. The molecule has 1 atom stereocenters. The smallest absolute Gasteiger partial charge is 0.285 e. The largest absolute Gasteiger partial charge is 0.354 e. The van der Waals surface area contributed by atoms with Gasteiger partial charge in [0.25, 0.3) is 10.0 Å². The van der Waals surface area contributed by atoms with Crippen molar-refractivity contribution in [1.29, 1.82) is 0 Å². The third-order valence-electron chi connectivity index (χ3n) is 5.62. The van der Waals surface area contributed by atoms with Gasteiger partial charge in [-0.05, 0) is 37.0 Å². The van der Waals surface area contributed by atoms with Gasteiger partial charge in [0.15, 0.2) is 0 Å². The van der Waals surface area contributed by atoms with Crippen LogP contribution in [0.3, 0.4) is 0 Å². The van der Waals surface area contributed by atoms with Crippen LogP contribution in [0.1, 0.15) is 45.6 Å². The van der Waals surface area contributed by atoms with Crippen molar-refractivity contribution in [2.75, 3.05) is 26.2 Å². The minimum atomic E-state index is -3.84. The number of benzene rings is 1. The lowest BCUT2D eigenvalue weighted by Crippen LogP contribution is -2.37. The summed E-state index contributed by atoms with van der Waals surface area (Å²) >= 11 is 0. The number of nitrogens with zero attached hydrogens (tertiary/aromatic N) is 3. The second-order valence-corrected chi connectivity index (χ2v) is 9.33. The molecular weight excluding hydrogens is 393 g/mol. The monoisotopic (exact) mass is 421 g/mol. The normalized spacial score (nSPS) is 20.5. The summed E-state index contributed by atoms with van der Waals surface area (Å²) in [5.41, 5.74) is 0.999. The van der Waals surface area contributed by atoms with Crippen molar-refractivity contribution >= 4 is 26.7 Å². The van der Waals surface area contributed by atoms with Gasteiger partial charge in [-0.15, -0.1) is 4.40 Å². The van der Waals surface area contributed by atoms with E-state index in [4.69, 9.17) is 0 Å². The lowest BCUT2D eigenvalue weighted by molar-refractivity contribution is -0.131. The summed E-state index contributed by atoms with van der Waals surface area (Å²) in [6, 6.07) is 5.41. The minimum absolute atomic E-state index is 0.126. The fraction of sp³-hybridized carbons (Fsp3) is 0.524. The number of halogens is 1. The van der Waals surface area contributed by atoms with Gasteiger partial charge >= 0.3 is 0 Å². The van der Waals surface area contributed by atoms with Crippen molar-refractivity contribution < 1.29 is 17.6 Å². The van der Waals surface area contributed by atoms with Gasteiger partial charge in [-0.3, -0.25) is 4.79 Å². The van der Waals surface area contributed by atoms with Crippen molar-refractivity contribution in [3.63, 3.8) is 0 Å². The maximum atomic E-state index is 13.2. The van der Waals surface area contributed by atoms with Crippen LogP contribution in [0.5, 0.6) is 0 Å². The molecule has 1 amide bonds. The molecular formula is C21H28FN3O3S. The Labute approximate surface area is 172 Å². The van der Waals surface area contributed by atoms with E-state index < -0.39 is 15.8 Å². The van der Waals surface area contributed by atoms with E-state index in [1.807, 2.05) is 9.80 Å². The molecule has 0 N–H and O–H groups in total. The van der Waals surface area contributed by atoms with Gasteiger partial charge in [0.2, 0.25) is 5.91 Å². The van der Waals surface area contributed by atoms with E-state index in [0.717, 1.165) is 12.8 Å². The van der Waals surface area contributed by atoms with Gasteiger partial charge in [-0.2, -0.15) is 8.42 Å². The average molecular weight is 422 g/mol. The quantitative estimate of drug-likeness (QED) is 0.748. The van der Waals surface area contributed by atoms with Gasteiger partial charge in [0.05, 0.1) is 0 Å².